The number of halogens is 3. The van der Waals surface area contributed by atoms with Gasteiger partial charge < -0.3 is 25.4 Å². The maximum absolute atomic E-state index is 12.9. The summed E-state index contributed by atoms with van der Waals surface area (Å²) in [7, 11) is 1.74. The zero-order chi connectivity index (χ0) is 25.2. The third kappa shape index (κ3) is 5.64. The Kier molecular flexibility index (Phi) is 6.81. The van der Waals surface area contributed by atoms with Crippen molar-refractivity contribution in [2.45, 2.75) is 12.1 Å². The minimum Gasteiger partial charge on any atom is -0.420 e. The molecule has 182 valence electrons. The molecule has 2 aromatic heterocycles. The van der Waals surface area contributed by atoms with Gasteiger partial charge in [-0.3, -0.25) is 14.6 Å². The Labute approximate surface area is 203 Å². The SMILES string of the molecule is CN(CCO)c1ncc(C(=O)Nc2ccc(OC(F)(F)Cl)cc2)cc1-c1cnc2c(c1)C(=O)NC2. The summed E-state index contributed by atoms with van der Waals surface area (Å²) in [6.45, 7) is 0.527. The second-order valence-electron chi connectivity index (χ2n) is 7.67. The Morgan fingerprint density at radius 3 is 2.66 bits per heavy atom. The standard InChI is InChI=1S/C23H20ClF2N5O4/c1-31(6-7-32)20-17(13-8-18-19(27-10-13)12-29-22(18)34)9-14(11-28-20)21(33)30-15-2-4-16(5-3-15)35-23(24,25)26/h2-5,8-11,32H,6-7,12H2,1H3,(H,29,34)(H,30,33). The molecule has 1 aliphatic heterocycles. The van der Waals surface area contributed by atoms with Crippen LogP contribution in [0, 0.1) is 0 Å². The Bertz CT molecular complexity index is 1270. The number of pyridine rings is 2. The number of aliphatic hydroxyl groups is 1. The number of benzene rings is 1. The summed E-state index contributed by atoms with van der Waals surface area (Å²) < 4.78 is 29.8. The van der Waals surface area contributed by atoms with Crippen LogP contribution in [-0.2, 0) is 6.54 Å². The first-order valence-corrected chi connectivity index (χ1v) is 10.8. The zero-order valence-corrected chi connectivity index (χ0v) is 19.1. The molecule has 0 atom stereocenters. The van der Waals surface area contributed by atoms with Gasteiger partial charge in [0.05, 0.1) is 30.0 Å². The van der Waals surface area contributed by atoms with Crippen LogP contribution in [0.3, 0.4) is 0 Å². The van der Waals surface area contributed by atoms with Crippen LogP contribution in [0.1, 0.15) is 26.4 Å². The number of aromatic nitrogens is 2. The molecule has 0 fully saturated rings. The molecule has 9 nitrogen and oxygen atoms in total. The normalized spacial score (nSPS) is 12.7. The third-order valence-corrected chi connectivity index (χ3v) is 5.29. The number of carbonyl (C=O) groups is 2. The smallest absolute Gasteiger partial charge is 0.420 e. The molecular weight excluding hydrogens is 484 g/mol. The van der Waals surface area contributed by atoms with Gasteiger partial charge in [0.1, 0.15) is 11.6 Å². The maximum Gasteiger partial charge on any atom is 0.487 e. The Hall–Kier alpha value is -3.83. The number of amides is 2. The van der Waals surface area contributed by atoms with Crippen molar-refractivity contribution >= 4 is 34.9 Å². The number of nitrogens with zero attached hydrogens (tertiary/aromatic N) is 3. The van der Waals surface area contributed by atoms with Crippen molar-refractivity contribution in [3.8, 4) is 16.9 Å². The van der Waals surface area contributed by atoms with E-state index in [0.29, 0.717) is 47.0 Å². The van der Waals surface area contributed by atoms with E-state index in [0.717, 1.165) is 0 Å². The van der Waals surface area contributed by atoms with Crippen LogP contribution < -0.4 is 20.3 Å². The summed E-state index contributed by atoms with van der Waals surface area (Å²) in [4.78, 5) is 35.5. The third-order valence-electron chi connectivity index (χ3n) is 5.21. The van der Waals surface area contributed by atoms with Gasteiger partial charge in [-0.25, -0.2) is 4.98 Å². The first-order valence-electron chi connectivity index (χ1n) is 10.4. The van der Waals surface area contributed by atoms with Gasteiger partial charge in [0.2, 0.25) is 0 Å². The molecule has 3 heterocycles. The fraction of sp³-hybridized carbons (Fsp3) is 0.217. The van der Waals surface area contributed by atoms with Crippen molar-refractivity contribution in [2.75, 3.05) is 30.4 Å². The summed E-state index contributed by atoms with van der Waals surface area (Å²) in [5.74, 6) is -0.422. The molecular formula is C23H20ClF2N5O4. The number of fused-ring (bicyclic) bond motifs is 1. The second-order valence-corrected chi connectivity index (χ2v) is 8.11. The molecule has 0 spiro atoms. The molecule has 3 aromatic rings. The molecule has 0 unspecified atom stereocenters. The van der Waals surface area contributed by atoms with Crippen LogP contribution in [0.25, 0.3) is 11.1 Å². The monoisotopic (exact) mass is 503 g/mol. The second kappa shape index (κ2) is 9.80. The van der Waals surface area contributed by atoms with Crippen LogP contribution in [0.5, 0.6) is 5.75 Å². The Balaban J connectivity index is 1.63. The average molecular weight is 504 g/mol. The van der Waals surface area contributed by atoms with E-state index < -0.39 is 11.5 Å². The molecule has 12 heteroatoms. The number of carbonyl (C=O) groups excluding carboxylic acids is 2. The van der Waals surface area contributed by atoms with Crippen molar-refractivity contribution in [3.63, 3.8) is 0 Å². The molecule has 0 saturated heterocycles. The van der Waals surface area contributed by atoms with Gasteiger partial charge in [-0.05, 0) is 36.4 Å². The van der Waals surface area contributed by atoms with Gasteiger partial charge in [0, 0.05) is 54.4 Å². The molecule has 1 aliphatic rings. The molecule has 0 aliphatic carbocycles. The van der Waals surface area contributed by atoms with E-state index in [1.165, 1.54) is 30.5 Å². The van der Waals surface area contributed by atoms with Crippen molar-refractivity contribution < 1.29 is 28.2 Å². The highest BCUT2D eigenvalue weighted by Crippen LogP contribution is 2.31. The summed E-state index contributed by atoms with van der Waals surface area (Å²) in [5.41, 5.74) is -1.12. The molecule has 0 saturated carbocycles. The lowest BCUT2D eigenvalue weighted by molar-refractivity contribution is -0.0964. The highest BCUT2D eigenvalue weighted by atomic mass is 35.5. The quantitative estimate of drug-likeness (QED) is 0.404. The minimum absolute atomic E-state index is 0.111. The minimum atomic E-state index is -3.84. The fourth-order valence-electron chi connectivity index (χ4n) is 3.53. The topological polar surface area (TPSA) is 117 Å². The van der Waals surface area contributed by atoms with Crippen molar-refractivity contribution in [1.82, 2.24) is 15.3 Å². The van der Waals surface area contributed by atoms with E-state index in [4.69, 9.17) is 11.6 Å². The number of hydrogen-bond acceptors (Lipinski definition) is 7. The van der Waals surface area contributed by atoms with E-state index in [1.54, 1.807) is 30.3 Å². The van der Waals surface area contributed by atoms with E-state index in [-0.39, 0.29) is 23.8 Å². The molecule has 4 rings (SSSR count). The zero-order valence-electron chi connectivity index (χ0n) is 18.4. The Morgan fingerprint density at radius 2 is 1.97 bits per heavy atom. The first-order chi connectivity index (χ1) is 16.6. The van der Waals surface area contributed by atoms with E-state index in [9.17, 15) is 23.5 Å². The van der Waals surface area contributed by atoms with Crippen LogP contribution in [0.4, 0.5) is 20.3 Å². The number of ether oxygens (including phenoxy) is 1. The van der Waals surface area contributed by atoms with Crippen molar-refractivity contribution in [2.24, 2.45) is 0 Å². The largest absolute Gasteiger partial charge is 0.487 e. The van der Waals surface area contributed by atoms with Crippen LogP contribution in [0.2, 0.25) is 0 Å². The van der Waals surface area contributed by atoms with E-state index in [2.05, 4.69) is 25.3 Å². The number of anilines is 2. The average Bonchev–Trinajstić information content (AvgIpc) is 3.19. The molecule has 35 heavy (non-hydrogen) atoms. The van der Waals surface area contributed by atoms with Crippen molar-refractivity contribution in [3.05, 3.63) is 65.6 Å². The molecule has 0 bridgehead atoms. The van der Waals surface area contributed by atoms with Gasteiger partial charge >= 0.3 is 5.57 Å². The summed E-state index contributed by atoms with van der Waals surface area (Å²) in [5, 5.41) is 14.7. The predicted octanol–water partition coefficient (Wildman–Crippen LogP) is 3.24. The number of rotatable bonds is 8. The van der Waals surface area contributed by atoms with E-state index >= 15 is 0 Å². The lowest BCUT2D eigenvalue weighted by Gasteiger charge is -2.21. The summed E-state index contributed by atoms with van der Waals surface area (Å²) in [6, 6.07) is 8.54. The van der Waals surface area contributed by atoms with Gasteiger partial charge in [0.25, 0.3) is 11.8 Å². The highest BCUT2D eigenvalue weighted by molar-refractivity contribution is 6.20. The number of alkyl halides is 3. The van der Waals surface area contributed by atoms with Crippen LogP contribution in [-0.4, -0.2) is 52.7 Å². The molecule has 0 radical (unpaired) electrons. The van der Waals surface area contributed by atoms with Gasteiger partial charge in [-0.15, -0.1) is 8.78 Å². The van der Waals surface area contributed by atoms with Gasteiger partial charge in [0.15, 0.2) is 0 Å². The van der Waals surface area contributed by atoms with Crippen LogP contribution >= 0.6 is 11.6 Å². The predicted molar refractivity (Wildman–Crippen MR) is 125 cm³/mol. The van der Waals surface area contributed by atoms with Gasteiger partial charge in [-0.1, -0.05) is 0 Å². The maximum atomic E-state index is 12.9. The van der Waals surface area contributed by atoms with Crippen LogP contribution in [0.15, 0.2) is 48.8 Å². The fourth-order valence-corrected chi connectivity index (χ4v) is 3.62. The summed E-state index contributed by atoms with van der Waals surface area (Å²) in [6.07, 6.45) is 2.97. The Morgan fingerprint density at radius 1 is 1.23 bits per heavy atom. The first kappa shape index (κ1) is 24.3. The molecule has 1 aromatic carbocycles. The number of likely N-dealkylation sites (N-methyl/N-ethyl adjacent to an activating group) is 1. The number of aliphatic hydroxyl groups excluding tert-OH is 1. The van der Waals surface area contributed by atoms with Crippen molar-refractivity contribution in [1.29, 1.82) is 0 Å². The lowest BCUT2D eigenvalue weighted by Crippen LogP contribution is -2.23. The lowest BCUT2D eigenvalue weighted by atomic mass is 10.0. The van der Waals surface area contributed by atoms with Gasteiger partial charge in [-0.2, -0.15) is 0 Å². The number of hydrogen-bond donors (Lipinski definition) is 3. The highest BCUT2D eigenvalue weighted by Gasteiger charge is 2.27. The van der Waals surface area contributed by atoms with E-state index in [1.807, 2.05) is 0 Å². The molecule has 2 amide bonds. The number of nitrogens with one attached hydrogen (secondary N) is 2. The summed E-state index contributed by atoms with van der Waals surface area (Å²) >= 11 is 4.75. The molecule has 3 N–H and O–H groups in total.